The predicted octanol–water partition coefficient (Wildman–Crippen LogP) is 1.40. The van der Waals surface area contributed by atoms with Gasteiger partial charge in [-0.25, -0.2) is 0 Å². The third-order valence-corrected chi connectivity index (χ3v) is 1.67. The summed E-state index contributed by atoms with van der Waals surface area (Å²) in [5.41, 5.74) is 6.30. The highest BCUT2D eigenvalue weighted by atomic mass is 16.3. The lowest BCUT2D eigenvalue weighted by Gasteiger charge is -2.01. The molecule has 0 saturated heterocycles. The molecule has 3 N–H and O–H groups in total. The van der Waals surface area contributed by atoms with E-state index in [2.05, 4.69) is 0 Å². The number of nitriles is 2. The Labute approximate surface area is 81.1 Å². The summed E-state index contributed by atoms with van der Waals surface area (Å²) < 4.78 is 0. The minimum atomic E-state index is -0.0958. The van der Waals surface area contributed by atoms with Crippen LogP contribution in [0.2, 0.25) is 0 Å². The van der Waals surface area contributed by atoms with Gasteiger partial charge in [0, 0.05) is 6.08 Å². The quantitative estimate of drug-likeness (QED) is 0.393. The number of hydrogen-bond acceptors (Lipinski definition) is 4. The molecular weight excluding hydrogens is 178 g/mol. The van der Waals surface area contributed by atoms with E-state index in [0.29, 0.717) is 5.56 Å². The van der Waals surface area contributed by atoms with Crippen molar-refractivity contribution in [2.75, 3.05) is 5.73 Å². The summed E-state index contributed by atoms with van der Waals surface area (Å²) in [6.07, 6.45) is 1.12. The van der Waals surface area contributed by atoms with E-state index < -0.39 is 0 Å². The molecule has 0 bridgehead atoms. The van der Waals surface area contributed by atoms with Crippen LogP contribution in [0, 0.1) is 22.7 Å². The number of nitrogen functional groups attached to an aromatic ring is 1. The van der Waals surface area contributed by atoms with Crippen LogP contribution in [0.4, 0.5) is 5.69 Å². The first kappa shape index (κ1) is 9.63. The van der Waals surface area contributed by atoms with Gasteiger partial charge in [0.1, 0.15) is 11.8 Å². The van der Waals surface area contributed by atoms with Crippen molar-refractivity contribution in [1.29, 1.82) is 10.5 Å². The average Bonchev–Trinajstić information content (AvgIpc) is 2.19. The van der Waals surface area contributed by atoms with Crippen LogP contribution in [0.5, 0.6) is 5.75 Å². The van der Waals surface area contributed by atoms with Gasteiger partial charge in [-0.1, -0.05) is 6.07 Å². The molecular formula is C10H7N3O. The van der Waals surface area contributed by atoms with E-state index in [9.17, 15) is 5.11 Å². The zero-order chi connectivity index (χ0) is 10.6. The van der Waals surface area contributed by atoms with Crippen molar-refractivity contribution >= 4 is 11.3 Å². The maximum atomic E-state index is 9.27. The smallest absolute Gasteiger partial charge is 0.139 e. The van der Waals surface area contributed by atoms with Gasteiger partial charge in [0.2, 0.25) is 0 Å². The molecule has 0 spiro atoms. The summed E-state index contributed by atoms with van der Waals surface area (Å²) in [4.78, 5) is 0. The first-order valence-corrected chi connectivity index (χ1v) is 3.77. The van der Waals surface area contributed by atoms with Gasteiger partial charge in [-0.15, -0.1) is 0 Å². The fourth-order valence-electron chi connectivity index (χ4n) is 0.956. The first-order valence-electron chi connectivity index (χ1n) is 3.77. The van der Waals surface area contributed by atoms with Crippen molar-refractivity contribution in [3.05, 3.63) is 29.8 Å². The lowest BCUT2D eigenvalue weighted by molar-refractivity contribution is 0.478. The van der Waals surface area contributed by atoms with Gasteiger partial charge in [0.15, 0.2) is 0 Å². The molecule has 0 aliphatic rings. The van der Waals surface area contributed by atoms with Gasteiger partial charge in [-0.3, -0.25) is 0 Å². The lowest BCUT2D eigenvalue weighted by Crippen LogP contribution is -1.87. The molecule has 0 aliphatic heterocycles. The summed E-state index contributed by atoms with van der Waals surface area (Å²) in [6, 6.07) is 8.01. The van der Waals surface area contributed by atoms with Gasteiger partial charge in [0.25, 0.3) is 0 Å². The molecule has 1 aromatic carbocycles. The third-order valence-electron chi connectivity index (χ3n) is 1.67. The van der Waals surface area contributed by atoms with Crippen LogP contribution in [0.1, 0.15) is 5.56 Å². The minimum Gasteiger partial charge on any atom is -0.506 e. The van der Waals surface area contributed by atoms with E-state index >= 15 is 0 Å². The monoisotopic (exact) mass is 185 g/mol. The van der Waals surface area contributed by atoms with E-state index in [1.807, 2.05) is 6.07 Å². The van der Waals surface area contributed by atoms with Gasteiger partial charge >= 0.3 is 0 Å². The number of nitrogens with zero attached hydrogens (tertiary/aromatic N) is 2. The Morgan fingerprint density at radius 1 is 1.43 bits per heavy atom. The molecule has 4 nitrogen and oxygen atoms in total. The van der Waals surface area contributed by atoms with Crippen LogP contribution in [-0.4, -0.2) is 5.11 Å². The van der Waals surface area contributed by atoms with Crippen molar-refractivity contribution in [2.24, 2.45) is 0 Å². The highest BCUT2D eigenvalue weighted by Crippen LogP contribution is 2.24. The number of anilines is 1. The van der Waals surface area contributed by atoms with Gasteiger partial charge < -0.3 is 10.8 Å². The van der Waals surface area contributed by atoms with Crippen molar-refractivity contribution in [3.8, 4) is 17.9 Å². The number of allylic oxidation sites excluding steroid dienone is 2. The molecule has 1 rings (SSSR count). The van der Waals surface area contributed by atoms with E-state index in [-0.39, 0.29) is 17.0 Å². The summed E-state index contributed by atoms with van der Waals surface area (Å²) in [5.74, 6) is -0.0958. The van der Waals surface area contributed by atoms with Gasteiger partial charge in [-0.2, -0.15) is 10.5 Å². The second-order valence-electron chi connectivity index (χ2n) is 2.57. The molecule has 0 fully saturated rings. The number of aromatic hydroxyl groups is 1. The Morgan fingerprint density at radius 2 is 2.14 bits per heavy atom. The SMILES string of the molecule is N#CC=C(C#N)c1ccc(N)c(O)c1. The van der Waals surface area contributed by atoms with Crippen LogP contribution < -0.4 is 5.73 Å². The second kappa shape index (κ2) is 3.97. The number of nitrogens with two attached hydrogens (primary N) is 1. The third kappa shape index (κ3) is 1.82. The molecule has 0 unspecified atom stereocenters. The second-order valence-corrected chi connectivity index (χ2v) is 2.57. The number of benzene rings is 1. The predicted molar refractivity (Wildman–Crippen MR) is 51.7 cm³/mol. The first-order chi connectivity index (χ1) is 6.69. The minimum absolute atomic E-state index is 0.0958. The summed E-state index contributed by atoms with van der Waals surface area (Å²) in [6.45, 7) is 0. The topological polar surface area (TPSA) is 93.8 Å². The van der Waals surface area contributed by atoms with Crippen LogP contribution >= 0.6 is 0 Å². The molecule has 0 aliphatic carbocycles. The molecule has 68 valence electrons. The fourth-order valence-corrected chi connectivity index (χ4v) is 0.956. The van der Waals surface area contributed by atoms with Gasteiger partial charge in [0.05, 0.1) is 17.3 Å². The van der Waals surface area contributed by atoms with Crippen LogP contribution in [0.15, 0.2) is 24.3 Å². The maximum absolute atomic E-state index is 9.27. The zero-order valence-electron chi connectivity index (χ0n) is 7.23. The highest BCUT2D eigenvalue weighted by Gasteiger charge is 2.03. The van der Waals surface area contributed by atoms with Crippen molar-refractivity contribution in [3.63, 3.8) is 0 Å². The summed E-state index contributed by atoms with van der Waals surface area (Å²) in [7, 11) is 0. The number of rotatable bonds is 1. The number of phenols is 1. The Morgan fingerprint density at radius 3 is 2.64 bits per heavy atom. The Kier molecular flexibility index (Phi) is 2.73. The van der Waals surface area contributed by atoms with Crippen molar-refractivity contribution in [2.45, 2.75) is 0 Å². The van der Waals surface area contributed by atoms with Crippen LogP contribution in [0.3, 0.4) is 0 Å². The average molecular weight is 185 g/mol. The Hall–Kier alpha value is -2.46. The normalized spacial score (nSPS) is 10.3. The van der Waals surface area contributed by atoms with Crippen LogP contribution in [0.25, 0.3) is 5.57 Å². The van der Waals surface area contributed by atoms with Crippen molar-refractivity contribution < 1.29 is 5.11 Å². The number of hydrogen-bond donors (Lipinski definition) is 2. The standard InChI is InChI=1S/C10H7N3O/c11-4-3-8(6-12)7-1-2-9(13)10(14)5-7/h1-3,5,14H,13H2. The van der Waals surface area contributed by atoms with Gasteiger partial charge in [-0.05, 0) is 17.7 Å². The fraction of sp³-hybridized carbons (Fsp3) is 0. The molecule has 1 aromatic rings. The highest BCUT2D eigenvalue weighted by molar-refractivity contribution is 5.80. The molecule has 0 aromatic heterocycles. The maximum Gasteiger partial charge on any atom is 0.139 e. The molecule has 0 radical (unpaired) electrons. The van der Waals surface area contributed by atoms with E-state index in [0.717, 1.165) is 6.08 Å². The summed E-state index contributed by atoms with van der Waals surface area (Å²) in [5, 5.41) is 26.3. The molecule has 0 atom stereocenters. The molecule has 14 heavy (non-hydrogen) atoms. The molecule has 0 heterocycles. The largest absolute Gasteiger partial charge is 0.506 e. The van der Waals surface area contributed by atoms with Crippen LogP contribution in [-0.2, 0) is 0 Å². The molecule has 0 saturated carbocycles. The lowest BCUT2D eigenvalue weighted by atomic mass is 10.1. The summed E-state index contributed by atoms with van der Waals surface area (Å²) >= 11 is 0. The Balaban J connectivity index is 3.23. The molecule has 0 amide bonds. The molecule has 4 heteroatoms. The Bertz CT molecular complexity index is 463. The number of phenolic OH excluding ortho intramolecular Hbond substituents is 1. The zero-order valence-corrected chi connectivity index (χ0v) is 7.23. The van der Waals surface area contributed by atoms with E-state index in [1.54, 1.807) is 12.1 Å². The van der Waals surface area contributed by atoms with E-state index in [1.165, 1.54) is 12.1 Å². The van der Waals surface area contributed by atoms with Crippen molar-refractivity contribution in [1.82, 2.24) is 0 Å². The van der Waals surface area contributed by atoms with E-state index in [4.69, 9.17) is 16.3 Å².